The molecular formula is C19H22FNO3S. The molecule has 25 heavy (non-hydrogen) atoms. The average molecular weight is 363 g/mol. The second-order valence-electron chi connectivity index (χ2n) is 6.33. The van der Waals surface area contributed by atoms with Crippen LogP contribution >= 0.6 is 0 Å². The molecule has 0 saturated carbocycles. The van der Waals surface area contributed by atoms with Gasteiger partial charge in [-0.1, -0.05) is 30.3 Å². The first-order chi connectivity index (χ1) is 12.0. The summed E-state index contributed by atoms with van der Waals surface area (Å²) >= 11 is 0. The predicted molar refractivity (Wildman–Crippen MR) is 96.9 cm³/mol. The second kappa shape index (κ2) is 7.54. The van der Waals surface area contributed by atoms with E-state index >= 15 is 0 Å². The van der Waals surface area contributed by atoms with Crippen LogP contribution in [0.5, 0.6) is 5.75 Å². The fourth-order valence-corrected chi connectivity index (χ4v) is 3.95. The molecule has 0 bridgehead atoms. The lowest BCUT2D eigenvalue weighted by Crippen LogP contribution is -2.26. The van der Waals surface area contributed by atoms with Gasteiger partial charge in [-0.3, -0.25) is 4.39 Å². The Labute approximate surface area is 148 Å². The maximum absolute atomic E-state index is 12.1. The van der Waals surface area contributed by atoms with Crippen molar-refractivity contribution >= 4 is 10.0 Å². The van der Waals surface area contributed by atoms with Crippen LogP contribution in [0, 0.1) is 0 Å². The third kappa shape index (κ3) is 4.58. The number of alkyl halides is 1. The molecule has 0 amide bonds. The number of fused-ring (bicyclic) bond motifs is 1. The van der Waals surface area contributed by atoms with Crippen LogP contribution in [0.2, 0.25) is 0 Å². The lowest BCUT2D eigenvalue weighted by Gasteiger charge is -2.08. The molecule has 2 aromatic carbocycles. The fraction of sp³-hybridized carbons (Fsp3) is 0.368. The highest BCUT2D eigenvalue weighted by atomic mass is 32.2. The number of sulfonamides is 1. The molecule has 1 aliphatic rings. The smallest absolute Gasteiger partial charge is 0.211 e. The highest BCUT2D eigenvalue weighted by Gasteiger charge is 2.19. The number of ether oxygens (including phenoxy) is 1. The van der Waals surface area contributed by atoms with Gasteiger partial charge in [-0.25, -0.2) is 13.1 Å². The molecule has 3 rings (SSSR count). The van der Waals surface area contributed by atoms with Crippen molar-refractivity contribution in [2.45, 2.75) is 32.4 Å². The number of hydrogen-bond donors (Lipinski definition) is 1. The minimum Gasteiger partial charge on any atom is -0.490 e. The quantitative estimate of drug-likeness (QED) is 0.820. The van der Waals surface area contributed by atoms with Gasteiger partial charge >= 0.3 is 0 Å². The molecule has 0 spiro atoms. The van der Waals surface area contributed by atoms with Gasteiger partial charge in [0.25, 0.3) is 0 Å². The molecule has 134 valence electrons. The summed E-state index contributed by atoms with van der Waals surface area (Å²) in [6.45, 7) is 1.65. The maximum Gasteiger partial charge on any atom is 0.211 e. The molecule has 0 aliphatic carbocycles. The second-order valence-corrected chi connectivity index (χ2v) is 8.26. The third-order valence-electron chi connectivity index (χ3n) is 4.23. The minimum atomic E-state index is -3.42. The minimum absolute atomic E-state index is 0.0227. The number of halogens is 1. The fourth-order valence-electron chi connectivity index (χ4n) is 2.93. The number of nitrogens with one attached hydrogen (secondary N) is 1. The summed E-state index contributed by atoms with van der Waals surface area (Å²) in [6.07, 6.45) is 1.16. The van der Waals surface area contributed by atoms with Crippen molar-refractivity contribution in [2.24, 2.45) is 0 Å². The molecule has 1 aliphatic heterocycles. The van der Waals surface area contributed by atoms with Gasteiger partial charge in [0.05, 0.1) is 12.4 Å². The Balaban J connectivity index is 1.66. The van der Waals surface area contributed by atoms with E-state index in [0.29, 0.717) is 0 Å². The maximum atomic E-state index is 12.1. The Bertz CT molecular complexity index is 834. The van der Waals surface area contributed by atoms with E-state index in [2.05, 4.69) is 17.7 Å². The first-order valence-corrected chi connectivity index (χ1v) is 10.0. The van der Waals surface area contributed by atoms with Crippen molar-refractivity contribution in [2.75, 3.05) is 12.4 Å². The zero-order valence-electron chi connectivity index (χ0n) is 14.2. The number of benzene rings is 2. The predicted octanol–water partition coefficient (Wildman–Crippen LogP) is 3.46. The molecule has 1 heterocycles. The average Bonchev–Trinajstić information content (AvgIpc) is 2.98. The highest BCUT2D eigenvalue weighted by molar-refractivity contribution is 7.89. The number of rotatable bonds is 7. The first-order valence-electron chi connectivity index (χ1n) is 8.39. The number of hydrogen-bond acceptors (Lipinski definition) is 3. The van der Waals surface area contributed by atoms with Crippen LogP contribution in [0.15, 0.2) is 42.5 Å². The molecule has 2 aromatic rings. The van der Waals surface area contributed by atoms with Gasteiger partial charge in [-0.2, -0.15) is 0 Å². The SMILES string of the molecule is CC1Cc2cc(-c3ccc(CNS(=O)(=O)CCCF)cc3)ccc2O1. The lowest BCUT2D eigenvalue weighted by molar-refractivity contribution is 0.254. The van der Waals surface area contributed by atoms with Crippen molar-refractivity contribution in [1.82, 2.24) is 4.72 Å². The highest BCUT2D eigenvalue weighted by Crippen LogP contribution is 2.32. The van der Waals surface area contributed by atoms with E-state index in [4.69, 9.17) is 4.74 Å². The Morgan fingerprint density at radius 1 is 1.16 bits per heavy atom. The van der Waals surface area contributed by atoms with E-state index in [1.54, 1.807) is 0 Å². The van der Waals surface area contributed by atoms with Crippen molar-refractivity contribution in [3.05, 3.63) is 53.6 Å². The third-order valence-corrected chi connectivity index (χ3v) is 5.64. The van der Waals surface area contributed by atoms with Crippen molar-refractivity contribution in [1.29, 1.82) is 0 Å². The monoisotopic (exact) mass is 363 g/mol. The Hall–Kier alpha value is -1.92. The zero-order valence-corrected chi connectivity index (χ0v) is 15.0. The van der Waals surface area contributed by atoms with Crippen LogP contribution in [0.25, 0.3) is 11.1 Å². The molecule has 1 N–H and O–H groups in total. The Morgan fingerprint density at radius 3 is 2.60 bits per heavy atom. The summed E-state index contributed by atoms with van der Waals surface area (Å²) in [7, 11) is -3.42. The van der Waals surface area contributed by atoms with Gasteiger partial charge in [0.1, 0.15) is 11.9 Å². The molecule has 6 heteroatoms. The largest absolute Gasteiger partial charge is 0.490 e. The summed E-state index contributed by atoms with van der Waals surface area (Å²) in [5.74, 6) is 0.771. The van der Waals surface area contributed by atoms with Gasteiger partial charge < -0.3 is 4.74 Å². The summed E-state index contributed by atoms with van der Waals surface area (Å²) in [6, 6.07) is 13.9. The van der Waals surface area contributed by atoms with Crippen LogP contribution in [0.1, 0.15) is 24.5 Å². The van der Waals surface area contributed by atoms with E-state index < -0.39 is 16.7 Å². The molecular weight excluding hydrogens is 341 g/mol. The molecule has 0 radical (unpaired) electrons. The zero-order chi connectivity index (χ0) is 17.9. The molecule has 1 atom stereocenters. The Morgan fingerprint density at radius 2 is 1.88 bits per heavy atom. The van der Waals surface area contributed by atoms with E-state index in [1.165, 1.54) is 5.56 Å². The van der Waals surface area contributed by atoms with Crippen molar-refractivity contribution in [3.63, 3.8) is 0 Å². The summed E-state index contributed by atoms with van der Waals surface area (Å²) in [5, 5.41) is 0. The first kappa shape index (κ1) is 17.9. The van der Waals surface area contributed by atoms with Crippen molar-refractivity contribution < 1.29 is 17.5 Å². The topological polar surface area (TPSA) is 55.4 Å². The molecule has 4 nitrogen and oxygen atoms in total. The van der Waals surface area contributed by atoms with Gasteiger partial charge in [0.15, 0.2) is 0 Å². The van der Waals surface area contributed by atoms with Crippen LogP contribution < -0.4 is 9.46 Å². The lowest BCUT2D eigenvalue weighted by atomic mass is 10.0. The standard InChI is InChI=1S/C19H22FNO3S/c1-14-11-18-12-17(7-8-19(18)24-14)16-5-3-15(4-6-16)13-21-25(22,23)10-2-9-20/h3-8,12,14,21H,2,9-11,13H2,1H3. The Kier molecular flexibility index (Phi) is 5.39. The summed E-state index contributed by atoms with van der Waals surface area (Å²) in [4.78, 5) is 0. The van der Waals surface area contributed by atoms with Gasteiger partial charge in [0.2, 0.25) is 10.0 Å². The molecule has 1 unspecified atom stereocenters. The van der Waals surface area contributed by atoms with E-state index in [9.17, 15) is 12.8 Å². The van der Waals surface area contributed by atoms with Crippen LogP contribution in [0.4, 0.5) is 4.39 Å². The van der Waals surface area contributed by atoms with E-state index in [-0.39, 0.29) is 24.8 Å². The normalized spacial score (nSPS) is 16.5. The summed E-state index contributed by atoms with van der Waals surface area (Å²) in [5.41, 5.74) is 4.28. The van der Waals surface area contributed by atoms with Crippen molar-refractivity contribution in [3.8, 4) is 16.9 Å². The van der Waals surface area contributed by atoms with Crippen LogP contribution in [-0.4, -0.2) is 26.9 Å². The molecule has 0 saturated heterocycles. The van der Waals surface area contributed by atoms with Crippen LogP contribution in [0.3, 0.4) is 0 Å². The van der Waals surface area contributed by atoms with Crippen LogP contribution in [-0.2, 0) is 23.0 Å². The molecule has 0 fully saturated rings. The van der Waals surface area contributed by atoms with E-state index in [1.807, 2.05) is 36.4 Å². The van der Waals surface area contributed by atoms with Gasteiger partial charge in [0, 0.05) is 13.0 Å². The summed E-state index contributed by atoms with van der Waals surface area (Å²) < 4.78 is 43.7. The molecule has 0 aromatic heterocycles. The van der Waals surface area contributed by atoms with Gasteiger partial charge in [-0.15, -0.1) is 0 Å². The van der Waals surface area contributed by atoms with E-state index in [0.717, 1.165) is 28.9 Å². The van der Waals surface area contributed by atoms with Gasteiger partial charge in [-0.05, 0) is 47.7 Å².